The molecule has 0 amide bonds. The Morgan fingerprint density at radius 2 is 2.10 bits per heavy atom. The van der Waals surface area contributed by atoms with Crippen LogP contribution in [-0.2, 0) is 5.41 Å². The van der Waals surface area contributed by atoms with Crippen LogP contribution in [0.5, 0.6) is 5.75 Å². The summed E-state index contributed by atoms with van der Waals surface area (Å²) in [6.07, 6.45) is 4.15. The summed E-state index contributed by atoms with van der Waals surface area (Å²) in [5.41, 5.74) is 2.47. The topological polar surface area (TPSA) is 39.4 Å². The Hall–Kier alpha value is -2.29. The maximum atomic E-state index is 12.7. The van der Waals surface area contributed by atoms with E-state index in [1.165, 1.54) is 0 Å². The van der Waals surface area contributed by atoms with Gasteiger partial charge in [0.15, 0.2) is 5.78 Å². The second-order valence-corrected chi connectivity index (χ2v) is 5.99. The van der Waals surface area contributed by atoms with Crippen molar-refractivity contribution in [1.82, 2.24) is 0 Å². The summed E-state index contributed by atoms with van der Waals surface area (Å²) < 4.78 is 10.6. The molecule has 108 valence electrons. The minimum atomic E-state index is -0.115. The first kappa shape index (κ1) is 13.7. The fourth-order valence-electron chi connectivity index (χ4n) is 2.89. The van der Waals surface area contributed by atoms with Crippen molar-refractivity contribution >= 4 is 11.9 Å². The number of benzene rings is 1. The number of rotatable bonds is 2. The lowest BCUT2D eigenvalue weighted by atomic mass is 9.70. The third kappa shape index (κ3) is 2.40. The molecular weight excluding hydrogens is 264 g/mol. The van der Waals surface area contributed by atoms with Crippen LogP contribution in [0.15, 0.2) is 46.6 Å². The Balaban J connectivity index is 2.10. The molecule has 1 aliphatic rings. The van der Waals surface area contributed by atoms with E-state index in [2.05, 4.69) is 13.8 Å². The van der Waals surface area contributed by atoms with Gasteiger partial charge in [0.05, 0.1) is 13.4 Å². The minimum Gasteiger partial charge on any atom is -0.497 e. The molecule has 1 aromatic heterocycles. The minimum absolute atomic E-state index is 0.0726. The monoisotopic (exact) mass is 282 g/mol. The molecule has 0 saturated heterocycles. The average molecular weight is 282 g/mol. The normalized spacial score (nSPS) is 18.6. The highest BCUT2D eigenvalue weighted by atomic mass is 16.5. The van der Waals surface area contributed by atoms with Crippen molar-refractivity contribution in [1.29, 1.82) is 0 Å². The van der Waals surface area contributed by atoms with Crippen LogP contribution in [0.25, 0.3) is 6.08 Å². The summed E-state index contributed by atoms with van der Waals surface area (Å²) >= 11 is 0. The molecule has 3 nitrogen and oxygen atoms in total. The van der Waals surface area contributed by atoms with E-state index in [1.807, 2.05) is 36.4 Å². The Kier molecular flexibility index (Phi) is 3.20. The molecule has 0 saturated carbocycles. The number of hydrogen-bond donors (Lipinski definition) is 0. The molecular formula is C18H18O3. The van der Waals surface area contributed by atoms with E-state index < -0.39 is 0 Å². The van der Waals surface area contributed by atoms with Gasteiger partial charge in [0.1, 0.15) is 11.5 Å². The number of ketones is 1. The zero-order chi connectivity index (χ0) is 15.0. The molecule has 0 unspecified atom stereocenters. The van der Waals surface area contributed by atoms with Crippen molar-refractivity contribution in [2.75, 3.05) is 7.11 Å². The van der Waals surface area contributed by atoms with Crippen molar-refractivity contribution in [2.45, 2.75) is 25.7 Å². The molecule has 21 heavy (non-hydrogen) atoms. The number of Topliss-reactive ketones (excluding diaryl/α,β-unsaturated/α-hetero) is 1. The Labute approximate surface area is 124 Å². The first-order chi connectivity index (χ1) is 10.0. The summed E-state index contributed by atoms with van der Waals surface area (Å²) in [7, 11) is 1.64. The molecule has 1 aromatic carbocycles. The number of furan rings is 1. The van der Waals surface area contributed by atoms with Crippen molar-refractivity contribution < 1.29 is 13.9 Å². The number of allylic oxidation sites excluding steroid dienone is 1. The molecule has 0 spiro atoms. The first-order valence-electron chi connectivity index (χ1n) is 6.98. The number of hydrogen-bond acceptors (Lipinski definition) is 3. The third-order valence-electron chi connectivity index (χ3n) is 3.98. The second-order valence-electron chi connectivity index (χ2n) is 5.99. The van der Waals surface area contributed by atoms with Gasteiger partial charge in [-0.05, 0) is 53.8 Å². The maximum Gasteiger partial charge on any atom is 0.189 e. The van der Waals surface area contributed by atoms with Gasteiger partial charge in [0.25, 0.3) is 0 Å². The number of carbonyl (C=O) groups excluding carboxylic acids is 1. The van der Waals surface area contributed by atoms with Crippen LogP contribution in [0.2, 0.25) is 0 Å². The summed E-state index contributed by atoms with van der Waals surface area (Å²) in [6, 6.07) is 9.34. The summed E-state index contributed by atoms with van der Waals surface area (Å²) in [5, 5.41) is 0. The highest BCUT2D eigenvalue weighted by molar-refractivity contribution is 6.13. The highest BCUT2D eigenvalue weighted by Gasteiger charge is 2.35. The van der Waals surface area contributed by atoms with Gasteiger partial charge < -0.3 is 9.15 Å². The van der Waals surface area contributed by atoms with E-state index in [9.17, 15) is 4.79 Å². The Bertz CT molecular complexity index is 706. The standard InChI is InChI=1S/C18H18O3/c1-18(2)11-12(9-14-5-4-8-21-14)17(19)15-7-6-13(20-3)10-16(15)18/h4-10H,11H2,1-3H3. The van der Waals surface area contributed by atoms with Crippen LogP contribution in [0.3, 0.4) is 0 Å². The van der Waals surface area contributed by atoms with Crippen molar-refractivity contribution in [3.8, 4) is 5.75 Å². The van der Waals surface area contributed by atoms with Gasteiger partial charge in [-0.15, -0.1) is 0 Å². The lowest BCUT2D eigenvalue weighted by Crippen LogP contribution is -2.29. The molecule has 3 rings (SSSR count). The van der Waals surface area contributed by atoms with Crippen molar-refractivity contribution in [3.05, 3.63) is 59.1 Å². The zero-order valence-corrected chi connectivity index (χ0v) is 12.5. The summed E-state index contributed by atoms with van der Waals surface area (Å²) in [5.74, 6) is 1.57. The second kappa shape index (κ2) is 4.92. The molecule has 0 fully saturated rings. The Morgan fingerprint density at radius 1 is 1.29 bits per heavy atom. The third-order valence-corrected chi connectivity index (χ3v) is 3.98. The number of carbonyl (C=O) groups is 1. The van der Waals surface area contributed by atoms with Crippen LogP contribution in [-0.4, -0.2) is 12.9 Å². The van der Waals surface area contributed by atoms with Crippen molar-refractivity contribution in [3.63, 3.8) is 0 Å². The fourth-order valence-corrected chi connectivity index (χ4v) is 2.89. The Morgan fingerprint density at radius 3 is 2.76 bits per heavy atom. The molecule has 0 bridgehead atoms. The van der Waals surface area contributed by atoms with Gasteiger partial charge in [0.2, 0.25) is 0 Å². The van der Waals surface area contributed by atoms with Gasteiger partial charge in [0, 0.05) is 11.1 Å². The zero-order valence-electron chi connectivity index (χ0n) is 12.5. The molecule has 0 N–H and O–H groups in total. The molecule has 0 aliphatic heterocycles. The number of methoxy groups -OCH3 is 1. The summed E-state index contributed by atoms with van der Waals surface area (Å²) in [6.45, 7) is 4.29. The van der Waals surface area contributed by atoms with E-state index in [0.717, 1.165) is 22.4 Å². The smallest absolute Gasteiger partial charge is 0.189 e. The van der Waals surface area contributed by atoms with Gasteiger partial charge >= 0.3 is 0 Å². The van der Waals surface area contributed by atoms with Crippen LogP contribution < -0.4 is 4.74 Å². The number of ether oxygens (including phenoxy) is 1. The molecule has 0 radical (unpaired) electrons. The van der Waals surface area contributed by atoms with E-state index in [-0.39, 0.29) is 11.2 Å². The fraction of sp³-hybridized carbons (Fsp3) is 0.278. The molecule has 3 heteroatoms. The molecule has 0 atom stereocenters. The van der Waals surface area contributed by atoms with Gasteiger partial charge in [-0.2, -0.15) is 0 Å². The van der Waals surface area contributed by atoms with Crippen LogP contribution in [0, 0.1) is 0 Å². The van der Waals surface area contributed by atoms with Crippen LogP contribution in [0.4, 0.5) is 0 Å². The van der Waals surface area contributed by atoms with Crippen LogP contribution in [0.1, 0.15) is 41.9 Å². The maximum absolute atomic E-state index is 12.7. The highest BCUT2D eigenvalue weighted by Crippen LogP contribution is 2.41. The van der Waals surface area contributed by atoms with E-state index in [0.29, 0.717) is 12.2 Å². The van der Waals surface area contributed by atoms with Gasteiger partial charge in [-0.3, -0.25) is 4.79 Å². The lowest BCUT2D eigenvalue weighted by Gasteiger charge is -2.33. The molecule has 1 heterocycles. The van der Waals surface area contributed by atoms with Crippen LogP contribution >= 0.6 is 0 Å². The molecule has 1 aliphatic carbocycles. The quantitative estimate of drug-likeness (QED) is 0.773. The largest absolute Gasteiger partial charge is 0.497 e. The average Bonchev–Trinajstić information content (AvgIpc) is 2.97. The van der Waals surface area contributed by atoms with Gasteiger partial charge in [-0.25, -0.2) is 0 Å². The van der Waals surface area contributed by atoms with Crippen molar-refractivity contribution in [2.24, 2.45) is 0 Å². The lowest BCUT2D eigenvalue weighted by molar-refractivity contribution is 0.101. The first-order valence-corrected chi connectivity index (χ1v) is 6.98. The predicted molar refractivity (Wildman–Crippen MR) is 81.7 cm³/mol. The summed E-state index contributed by atoms with van der Waals surface area (Å²) in [4.78, 5) is 12.7. The van der Waals surface area contributed by atoms with E-state index >= 15 is 0 Å². The molecule has 2 aromatic rings. The van der Waals surface area contributed by atoms with E-state index in [4.69, 9.17) is 9.15 Å². The van der Waals surface area contributed by atoms with E-state index in [1.54, 1.807) is 13.4 Å². The van der Waals surface area contributed by atoms with Gasteiger partial charge in [-0.1, -0.05) is 13.8 Å². The SMILES string of the molecule is COc1ccc2c(c1)C(C)(C)CC(=Cc1ccco1)C2=O. The number of fused-ring (bicyclic) bond motifs is 1. The predicted octanol–water partition coefficient (Wildman–Crippen LogP) is 4.24.